The maximum Gasteiger partial charge on any atom is 0.339 e. The summed E-state index contributed by atoms with van der Waals surface area (Å²) in [4.78, 5) is 11.9. The number of hydrogen-bond acceptors (Lipinski definition) is 3. The van der Waals surface area contributed by atoms with Crippen molar-refractivity contribution in [2.24, 2.45) is 5.41 Å². The van der Waals surface area contributed by atoms with Crippen LogP contribution in [0.2, 0.25) is 0 Å². The van der Waals surface area contributed by atoms with Crippen LogP contribution in [0.3, 0.4) is 0 Å². The Labute approximate surface area is 162 Å². The smallest absolute Gasteiger partial charge is 0.339 e. The van der Waals surface area contributed by atoms with Crippen LogP contribution in [0.4, 0.5) is 0 Å². The van der Waals surface area contributed by atoms with E-state index in [0.717, 1.165) is 37.7 Å². The normalized spacial score (nSPS) is 22.4. The fraction of sp³-hybridized carbons (Fsp3) is 0.522. The van der Waals surface area contributed by atoms with Crippen LogP contribution in [0.15, 0.2) is 29.9 Å². The fourth-order valence-corrected chi connectivity index (χ4v) is 4.08. The molecule has 2 rings (SSSR count). The van der Waals surface area contributed by atoms with E-state index in [4.69, 9.17) is 0 Å². The maximum absolute atomic E-state index is 11.9. The van der Waals surface area contributed by atoms with E-state index < -0.39 is 5.97 Å². The number of aromatic carboxylic acids is 1. The zero-order valence-electron chi connectivity index (χ0n) is 16.9. The number of unbranched alkanes of at least 4 members (excludes halogenated alkanes) is 2. The summed E-state index contributed by atoms with van der Waals surface area (Å²) in [5.74, 6) is -1.81. The van der Waals surface area contributed by atoms with Crippen LogP contribution < -0.4 is 0 Å². The van der Waals surface area contributed by atoms with Crippen LogP contribution in [-0.4, -0.2) is 21.3 Å². The molecule has 1 aliphatic carbocycles. The third kappa shape index (κ3) is 4.05. The molecule has 0 heterocycles. The highest BCUT2D eigenvalue weighted by Gasteiger charge is 2.41. The summed E-state index contributed by atoms with van der Waals surface area (Å²) in [5.41, 5.74) is 2.48. The van der Waals surface area contributed by atoms with Gasteiger partial charge in [0.25, 0.3) is 0 Å². The van der Waals surface area contributed by atoms with Crippen LogP contribution in [0, 0.1) is 5.41 Å². The summed E-state index contributed by atoms with van der Waals surface area (Å²) in [5, 5.41) is 31.4. The molecule has 4 heteroatoms. The van der Waals surface area contributed by atoms with Crippen molar-refractivity contribution in [2.45, 2.75) is 72.1 Å². The molecule has 4 nitrogen and oxygen atoms in total. The average molecular weight is 373 g/mol. The second-order valence-electron chi connectivity index (χ2n) is 8.14. The van der Waals surface area contributed by atoms with E-state index >= 15 is 0 Å². The van der Waals surface area contributed by atoms with Crippen molar-refractivity contribution >= 4 is 5.97 Å². The lowest BCUT2D eigenvalue weighted by molar-refractivity contribution is 0.0692. The van der Waals surface area contributed by atoms with Gasteiger partial charge < -0.3 is 15.3 Å². The van der Waals surface area contributed by atoms with Gasteiger partial charge >= 0.3 is 5.97 Å². The zero-order valence-corrected chi connectivity index (χ0v) is 16.9. The van der Waals surface area contributed by atoms with Crippen LogP contribution in [0.5, 0.6) is 11.5 Å². The Balaban J connectivity index is 2.65. The number of hydrogen-bond donors (Lipinski definition) is 3. The molecule has 0 saturated heterocycles. The van der Waals surface area contributed by atoms with Crippen LogP contribution in [0.1, 0.15) is 87.2 Å². The summed E-state index contributed by atoms with van der Waals surface area (Å²) in [6, 6.07) is 1.53. The lowest BCUT2D eigenvalue weighted by atomic mass is 9.62. The summed E-state index contributed by atoms with van der Waals surface area (Å²) < 4.78 is 0. The number of aryl methyl sites for hydroxylation is 1. The SMILES string of the molecule is C=C(C)C1(C)CCC(C)=CC1c1c(O)cc(CCCCC)c(C(=O)O)c1O. The van der Waals surface area contributed by atoms with Gasteiger partial charge in [-0.25, -0.2) is 4.79 Å². The molecule has 0 bridgehead atoms. The third-order valence-corrected chi connectivity index (χ3v) is 6.13. The van der Waals surface area contributed by atoms with E-state index in [1.165, 1.54) is 11.6 Å². The number of rotatable bonds is 7. The zero-order chi connectivity index (χ0) is 20.4. The van der Waals surface area contributed by atoms with Gasteiger partial charge in [-0.2, -0.15) is 0 Å². The molecule has 1 aliphatic rings. The largest absolute Gasteiger partial charge is 0.507 e. The van der Waals surface area contributed by atoms with E-state index in [0.29, 0.717) is 17.5 Å². The average Bonchev–Trinajstić information content (AvgIpc) is 2.57. The lowest BCUT2D eigenvalue weighted by Gasteiger charge is -2.41. The molecule has 2 atom stereocenters. The van der Waals surface area contributed by atoms with Gasteiger partial charge in [0.1, 0.15) is 17.1 Å². The Morgan fingerprint density at radius 2 is 2.00 bits per heavy atom. The Morgan fingerprint density at radius 1 is 1.33 bits per heavy atom. The standard InChI is InChI=1S/C23H32O4/c1-6-7-8-9-16-13-18(24)20(21(25)19(16)22(26)27)17-12-15(4)10-11-23(17,5)14(2)3/h12-13,17,24-25H,2,6-11H2,1,3-5H3,(H,26,27). The molecule has 0 aliphatic heterocycles. The second kappa shape index (κ2) is 8.20. The van der Waals surface area contributed by atoms with Gasteiger partial charge in [-0.15, -0.1) is 0 Å². The molecule has 0 aromatic heterocycles. The number of aromatic hydroxyl groups is 2. The van der Waals surface area contributed by atoms with E-state index in [9.17, 15) is 20.1 Å². The first-order chi connectivity index (χ1) is 12.6. The van der Waals surface area contributed by atoms with Crippen molar-refractivity contribution in [1.82, 2.24) is 0 Å². The number of phenolic OH excluding ortho intramolecular Hbond substituents is 1. The minimum Gasteiger partial charge on any atom is -0.507 e. The first-order valence-electron chi connectivity index (χ1n) is 9.77. The first kappa shape index (κ1) is 21.1. The van der Waals surface area contributed by atoms with Gasteiger partial charge in [0.15, 0.2) is 0 Å². The number of carbonyl (C=O) groups is 1. The molecule has 0 amide bonds. The van der Waals surface area contributed by atoms with Gasteiger partial charge in [-0.3, -0.25) is 0 Å². The second-order valence-corrected chi connectivity index (χ2v) is 8.14. The molecular weight excluding hydrogens is 340 g/mol. The lowest BCUT2D eigenvalue weighted by Crippen LogP contribution is -2.29. The third-order valence-electron chi connectivity index (χ3n) is 6.13. The van der Waals surface area contributed by atoms with Crippen LogP contribution in [0.25, 0.3) is 0 Å². The van der Waals surface area contributed by atoms with E-state index in [-0.39, 0.29) is 28.4 Å². The molecule has 27 heavy (non-hydrogen) atoms. The minimum absolute atomic E-state index is 0.0348. The Bertz CT molecular complexity index is 775. The van der Waals surface area contributed by atoms with Gasteiger partial charge in [0, 0.05) is 11.5 Å². The predicted molar refractivity (Wildman–Crippen MR) is 109 cm³/mol. The van der Waals surface area contributed by atoms with Crippen LogP contribution in [-0.2, 0) is 6.42 Å². The Hall–Kier alpha value is -2.23. The summed E-state index contributed by atoms with van der Waals surface area (Å²) in [6.45, 7) is 12.2. The molecule has 1 aromatic carbocycles. The monoisotopic (exact) mass is 372 g/mol. The van der Waals surface area contributed by atoms with E-state index in [2.05, 4.69) is 20.4 Å². The molecule has 148 valence electrons. The van der Waals surface area contributed by atoms with Crippen molar-refractivity contribution < 1.29 is 20.1 Å². The predicted octanol–water partition coefficient (Wildman–Crippen LogP) is 5.93. The summed E-state index contributed by atoms with van der Waals surface area (Å²) in [6.07, 6.45) is 7.13. The van der Waals surface area contributed by atoms with Crippen LogP contribution >= 0.6 is 0 Å². The van der Waals surface area contributed by atoms with Crippen molar-refractivity contribution in [2.75, 3.05) is 0 Å². The Kier molecular flexibility index (Phi) is 6.40. The van der Waals surface area contributed by atoms with Crippen molar-refractivity contribution in [3.05, 3.63) is 46.6 Å². The Morgan fingerprint density at radius 3 is 2.56 bits per heavy atom. The fourth-order valence-electron chi connectivity index (χ4n) is 4.08. The molecule has 0 radical (unpaired) electrons. The number of benzene rings is 1. The van der Waals surface area contributed by atoms with E-state index in [1.54, 1.807) is 0 Å². The van der Waals surface area contributed by atoms with Crippen molar-refractivity contribution in [1.29, 1.82) is 0 Å². The van der Waals surface area contributed by atoms with Crippen molar-refractivity contribution in [3.63, 3.8) is 0 Å². The number of allylic oxidation sites excluding steroid dienone is 3. The maximum atomic E-state index is 11.9. The highest BCUT2D eigenvalue weighted by atomic mass is 16.4. The van der Waals surface area contributed by atoms with Crippen molar-refractivity contribution in [3.8, 4) is 11.5 Å². The number of carboxylic acid groups (broad SMARTS) is 1. The molecule has 2 unspecified atom stereocenters. The van der Waals surface area contributed by atoms with Gasteiger partial charge in [-0.1, -0.05) is 50.5 Å². The minimum atomic E-state index is -1.16. The summed E-state index contributed by atoms with van der Waals surface area (Å²) in [7, 11) is 0. The van der Waals surface area contributed by atoms with Gasteiger partial charge in [0.05, 0.1) is 0 Å². The topological polar surface area (TPSA) is 77.8 Å². The van der Waals surface area contributed by atoms with Gasteiger partial charge in [-0.05, 0) is 56.6 Å². The highest BCUT2D eigenvalue weighted by Crippen LogP contribution is 2.54. The molecule has 0 saturated carbocycles. The highest BCUT2D eigenvalue weighted by molar-refractivity contribution is 5.94. The molecule has 1 aromatic rings. The molecule has 0 spiro atoms. The van der Waals surface area contributed by atoms with Gasteiger partial charge in [0.2, 0.25) is 0 Å². The quantitative estimate of drug-likeness (QED) is 0.409. The first-order valence-corrected chi connectivity index (χ1v) is 9.77. The molecule has 0 fully saturated rings. The molecule has 3 N–H and O–H groups in total. The summed E-state index contributed by atoms with van der Waals surface area (Å²) >= 11 is 0. The molecular formula is C23H32O4. The number of carboxylic acids is 1. The van der Waals surface area contributed by atoms with E-state index in [1.807, 2.05) is 19.9 Å². The number of phenols is 2.